The van der Waals surface area contributed by atoms with Crippen molar-refractivity contribution in [2.24, 2.45) is 0 Å². The monoisotopic (exact) mass is 269 g/mol. The Morgan fingerprint density at radius 3 is 2.52 bits per heavy atom. The number of aromatic nitrogens is 3. The SMILES string of the molecule is c1ccc2nc3c4nc5ccccc5c-4ccn3cc2c1. The van der Waals surface area contributed by atoms with E-state index in [-0.39, 0.29) is 0 Å². The van der Waals surface area contributed by atoms with Gasteiger partial charge in [0, 0.05) is 28.7 Å². The Balaban J connectivity index is 2.01. The molecule has 1 aromatic heterocycles. The van der Waals surface area contributed by atoms with Gasteiger partial charge in [0.15, 0.2) is 5.65 Å². The quantitative estimate of drug-likeness (QED) is 0.395. The third kappa shape index (κ3) is 1.43. The van der Waals surface area contributed by atoms with Crippen molar-refractivity contribution in [2.75, 3.05) is 0 Å². The van der Waals surface area contributed by atoms with Crippen LogP contribution in [-0.4, -0.2) is 14.4 Å². The van der Waals surface area contributed by atoms with Crippen molar-refractivity contribution in [3.8, 4) is 11.3 Å². The molecule has 0 radical (unpaired) electrons. The zero-order valence-electron chi connectivity index (χ0n) is 11.2. The molecule has 98 valence electrons. The van der Waals surface area contributed by atoms with E-state index < -0.39 is 0 Å². The normalized spacial score (nSPS) is 11.8. The third-order valence-corrected chi connectivity index (χ3v) is 3.98. The number of para-hydroxylation sites is 2. The Bertz CT molecular complexity index is 1090. The summed E-state index contributed by atoms with van der Waals surface area (Å²) >= 11 is 0. The van der Waals surface area contributed by atoms with Gasteiger partial charge in [0.25, 0.3) is 0 Å². The molecule has 0 spiro atoms. The minimum Gasteiger partial charge on any atom is -0.306 e. The molecule has 0 fully saturated rings. The van der Waals surface area contributed by atoms with Gasteiger partial charge in [-0.25, -0.2) is 9.97 Å². The number of hydrogen-bond acceptors (Lipinski definition) is 2. The highest BCUT2D eigenvalue weighted by Gasteiger charge is 2.15. The molecular weight excluding hydrogens is 258 g/mol. The minimum atomic E-state index is 0.905. The van der Waals surface area contributed by atoms with Crippen LogP contribution in [-0.2, 0) is 0 Å². The smallest absolute Gasteiger partial charge is 0.163 e. The Morgan fingerprint density at radius 2 is 1.57 bits per heavy atom. The zero-order valence-corrected chi connectivity index (χ0v) is 11.2. The van der Waals surface area contributed by atoms with Crippen molar-refractivity contribution in [2.45, 2.75) is 0 Å². The summed E-state index contributed by atoms with van der Waals surface area (Å²) in [5, 5.41) is 2.32. The second kappa shape index (κ2) is 3.79. The predicted molar refractivity (Wildman–Crippen MR) is 84.6 cm³/mol. The standard InChI is InChI=1S/C18H11N3/c1-3-7-15-12(5-1)11-21-10-9-14-13-6-2-4-8-16(13)19-17(14)18(21)20-15/h1-11H. The first kappa shape index (κ1) is 10.8. The van der Waals surface area contributed by atoms with Crippen LogP contribution in [0.2, 0.25) is 0 Å². The van der Waals surface area contributed by atoms with Gasteiger partial charge in [-0.2, -0.15) is 0 Å². The van der Waals surface area contributed by atoms with Crippen molar-refractivity contribution in [3.63, 3.8) is 0 Å². The van der Waals surface area contributed by atoms with E-state index in [0.29, 0.717) is 0 Å². The average Bonchev–Trinajstić information content (AvgIpc) is 2.92. The molecule has 0 aliphatic carbocycles. The van der Waals surface area contributed by atoms with Crippen LogP contribution in [0, 0.1) is 0 Å². The molecule has 0 unspecified atom stereocenters. The number of hydrogen-bond donors (Lipinski definition) is 0. The first-order valence-electron chi connectivity index (χ1n) is 6.95. The molecule has 2 aromatic carbocycles. The maximum absolute atomic E-state index is 4.80. The molecule has 2 aliphatic heterocycles. The minimum absolute atomic E-state index is 0.905. The molecule has 0 bridgehead atoms. The molecule has 0 amide bonds. The Kier molecular flexibility index (Phi) is 1.95. The van der Waals surface area contributed by atoms with Crippen LogP contribution >= 0.6 is 0 Å². The first-order valence-corrected chi connectivity index (χ1v) is 6.95. The second-order valence-corrected chi connectivity index (χ2v) is 5.24. The van der Waals surface area contributed by atoms with Gasteiger partial charge in [0.1, 0.15) is 5.69 Å². The van der Waals surface area contributed by atoms with E-state index in [1.54, 1.807) is 0 Å². The van der Waals surface area contributed by atoms with Crippen molar-refractivity contribution < 1.29 is 0 Å². The fraction of sp³-hybridized carbons (Fsp3) is 0. The zero-order chi connectivity index (χ0) is 13.8. The maximum atomic E-state index is 4.80. The fourth-order valence-electron chi connectivity index (χ4n) is 2.97. The lowest BCUT2D eigenvalue weighted by Gasteiger charge is -2.07. The molecular formula is C18H11N3. The topological polar surface area (TPSA) is 30.2 Å². The molecule has 3 heteroatoms. The third-order valence-electron chi connectivity index (χ3n) is 3.98. The summed E-state index contributed by atoms with van der Waals surface area (Å²) in [4.78, 5) is 9.57. The highest BCUT2D eigenvalue weighted by atomic mass is 15.0. The van der Waals surface area contributed by atoms with Crippen LogP contribution in [0.5, 0.6) is 0 Å². The van der Waals surface area contributed by atoms with Gasteiger partial charge in [-0.1, -0.05) is 36.4 Å². The average molecular weight is 269 g/mol. The van der Waals surface area contributed by atoms with Crippen LogP contribution < -0.4 is 0 Å². The van der Waals surface area contributed by atoms with Crippen molar-refractivity contribution >= 4 is 27.5 Å². The van der Waals surface area contributed by atoms with E-state index in [9.17, 15) is 0 Å². The van der Waals surface area contributed by atoms with E-state index in [1.165, 1.54) is 5.39 Å². The van der Waals surface area contributed by atoms with Gasteiger partial charge in [-0.15, -0.1) is 0 Å². The summed E-state index contributed by atoms with van der Waals surface area (Å²) in [7, 11) is 0. The van der Waals surface area contributed by atoms with E-state index in [0.717, 1.165) is 33.3 Å². The van der Waals surface area contributed by atoms with E-state index >= 15 is 0 Å². The molecule has 0 N–H and O–H groups in total. The van der Waals surface area contributed by atoms with Gasteiger partial charge < -0.3 is 4.40 Å². The Labute approximate surface area is 120 Å². The Hall–Kier alpha value is -2.94. The lowest BCUT2D eigenvalue weighted by molar-refractivity contribution is 1.12. The number of fused-ring (bicyclic) bond motifs is 6. The van der Waals surface area contributed by atoms with E-state index in [1.807, 2.05) is 30.3 Å². The van der Waals surface area contributed by atoms with Crippen LogP contribution in [0.3, 0.4) is 0 Å². The van der Waals surface area contributed by atoms with Gasteiger partial charge in [0.05, 0.1) is 11.0 Å². The van der Waals surface area contributed by atoms with Crippen LogP contribution in [0.25, 0.3) is 38.7 Å². The predicted octanol–water partition coefficient (Wildman–Crippen LogP) is 4.14. The highest BCUT2D eigenvalue weighted by Crippen LogP contribution is 2.33. The van der Waals surface area contributed by atoms with Crippen molar-refractivity contribution in [1.82, 2.24) is 14.4 Å². The number of pyridine rings is 1. The molecule has 3 nitrogen and oxygen atoms in total. The summed E-state index contributed by atoms with van der Waals surface area (Å²) in [6.45, 7) is 0. The molecule has 0 atom stereocenters. The van der Waals surface area contributed by atoms with Crippen LogP contribution in [0.1, 0.15) is 0 Å². The number of benzene rings is 2. The summed E-state index contributed by atoms with van der Waals surface area (Å²) < 4.78 is 2.05. The van der Waals surface area contributed by atoms with E-state index in [2.05, 4.69) is 41.1 Å². The van der Waals surface area contributed by atoms with Crippen molar-refractivity contribution in [1.29, 1.82) is 0 Å². The summed E-state index contributed by atoms with van der Waals surface area (Å²) in [6.07, 6.45) is 4.17. The van der Waals surface area contributed by atoms with Crippen LogP contribution in [0.4, 0.5) is 0 Å². The largest absolute Gasteiger partial charge is 0.306 e. The first-order chi connectivity index (χ1) is 10.4. The highest BCUT2D eigenvalue weighted by molar-refractivity contribution is 6.01. The molecule has 3 aromatic rings. The summed E-state index contributed by atoms with van der Waals surface area (Å²) in [5.74, 6) is 0. The molecule has 2 aliphatic rings. The molecule has 5 rings (SSSR count). The van der Waals surface area contributed by atoms with Gasteiger partial charge >= 0.3 is 0 Å². The summed E-state index contributed by atoms with van der Waals surface area (Å²) in [5.41, 5.74) is 5.05. The lowest BCUT2D eigenvalue weighted by atomic mass is 10.1. The molecule has 0 saturated heterocycles. The lowest BCUT2D eigenvalue weighted by Crippen LogP contribution is -1.96. The number of nitrogens with zero attached hydrogens (tertiary/aromatic N) is 3. The number of rotatable bonds is 0. The molecule has 21 heavy (non-hydrogen) atoms. The maximum Gasteiger partial charge on any atom is 0.163 e. The summed E-state index contributed by atoms with van der Waals surface area (Å²) in [6, 6.07) is 18.5. The van der Waals surface area contributed by atoms with Gasteiger partial charge in [-0.05, 0) is 18.2 Å². The van der Waals surface area contributed by atoms with E-state index in [4.69, 9.17) is 9.97 Å². The van der Waals surface area contributed by atoms with Crippen LogP contribution in [0.15, 0.2) is 67.0 Å². The second-order valence-electron chi connectivity index (χ2n) is 5.24. The molecule has 0 saturated carbocycles. The molecule has 3 heterocycles. The van der Waals surface area contributed by atoms with Gasteiger partial charge in [0.2, 0.25) is 0 Å². The fourth-order valence-corrected chi connectivity index (χ4v) is 2.97. The van der Waals surface area contributed by atoms with Crippen molar-refractivity contribution in [3.05, 3.63) is 67.0 Å². The Morgan fingerprint density at radius 1 is 0.762 bits per heavy atom. The van der Waals surface area contributed by atoms with Gasteiger partial charge in [-0.3, -0.25) is 0 Å².